The van der Waals surface area contributed by atoms with Crippen molar-refractivity contribution in [1.82, 2.24) is 4.90 Å². The molecular weight excluding hydrogens is 400 g/mol. The third-order valence-corrected chi connectivity index (χ3v) is 6.31. The van der Waals surface area contributed by atoms with Crippen LogP contribution in [0.1, 0.15) is 37.5 Å². The Bertz CT molecular complexity index is 1090. The molecule has 1 amide bonds. The molecule has 0 spiro atoms. The van der Waals surface area contributed by atoms with Crippen molar-refractivity contribution in [2.45, 2.75) is 50.7 Å². The number of hydrogen-bond acceptors (Lipinski definition) is 5. The number of nitrogens with two attached hydrogens (primary N) is 1. The standard InChI is InChI=1S/C22H26N4O3S/c1-15(2)25(13-18-6-4-17(12-23)5-7-18)14-22(27)26-16(3)10-19-11-20(30(24,28)29)8-9-21(19)26/h4-9,11,15-16H,10,13-14H2,1-3H3,(H2,24,28,29). The summed E-state index contributed by atoms with van der Waals surface area (Å²) in [6.07, 6.45) is 0.585. The minimum atomic E-state index is -3.78. The fourth-order valence-electron chi connectivity index (χ4n) is 3.75. The van der Waals surface area contributed by atoms with Crippen LogP contribution in [0.4, 0.5) is 5.69 Å². The van der Waals surface area contributed by atoms with E-state index in [1.54, 1.807) is 29.2 Å². The van der Waals surface area contributed by atoms with E-state index in [0.717, 1.165) is 16.8 Å². The number of nitriles is 1. The molecule has 1 heterocycles. The van der Waals surface area contributed by atoms with Gasteiger partial charge in [0.1, 0.15) is 0 Å². The third-order valence-electron chi connectivity index (χ3n) is 5.40. The van der Waals surface area contributed by atoms with Crippen molar-refractivity contribution < 1.29 is 13.2 Å². The van der Waals surface area contributed by atoms with Crippen molar-refractivity contribution in [3.8, 4) is 6.07 Å². The van der Waals surface area contributed by atoms with Gasteiger partial charge in [-0.05, 0) is 68.7 Å². The van der Waals surface area contributed by atoms with Crippen LogP contribution in [0, 0.1) is 11.3 Å². The molecule has 0 radical (unpaired) electrons. The van der Waals surface area contributed by atoms with Crippen molar-refractivity contribution in [2.24, 2.45) is 5.14 Å². The molecule has 2 aromatic carbocycles. The highest BCUT2D eigenvalue weighted by Gasteiger charge is 2.32. The second kappa shape index (κ2) is 8.56. The molecule has 0 saturated heterocycles. The van der Waals surface area contributed by atoms with Crippen LogP contribution in [-0.2, 0) is 27.8 Å². The first kappa shape index (κ1) is 22.0. The quantitative estimate of drug-likeness (QED) is 0.763. The zero-order valence-corrected chi connectivity index (χ0v) is 18.2. The molecule has 3 rings (SSSR count). The van der Waals surface area contributed by atoms with Gasteiger partial charge < -0.3 is 4.90 Å². The predicted octanol–water partition coefficient (Wildman–Crippen LogP) is 2.39. The van der Waals surface area contributed by atoms with Gasteiger partial charge in [0, 0.05) is 24.3 Å². The number of carbonyl (C=O) groups is 1. The average molecular weight is 427 g/mol. The number of carbonyl (C=O) groups excluding carboxylic acids is 1. The van der Waals surface area contributed by atoms with Crippen LogP contribution in [-0.4, -0.2) is 37.9 Å². The number of anilines is 1. The summed E-state index contributed by atoms with van der Waals surface area (Å²) in [5.41, 5.74) is 3.18. The Morgan fingerprint density at radius 1 is 1.27 bits per heavy atom. The van der Waals surface area contributed by atoms with Crippen molar-refractivity contribution in [3.63, 3.8) is 0 Å². The summed E-state index contributed by atoms with van der Waals surface area (Å²) in [5.74, 6) is -0.0352. The molecule has 0 fully saturated rings. The Balaban J connectivity index is 1.79. The van der Waals surface area contributed by atoms with E-state index in [0.29, 0.717) is 18.5 Å². The summed E-state index contributed by atoms with van der Waals surface area (Å²) in [6.45, 7) is 6.86. The van der Waals surface area contributed by atoms with Crippen LogP contribution < -0.4 is 10.0 Å². The first-order valence-corrected chi connectivity index (χ1v) is 11.4. The number of benzene rings is 2. The van der Waals surface area contributed by atoms with Gasteiger partial charge in [-0.3, -0.25) is 9.69 Å². The molecular formula is C22H26N4O3S. The summed E-state index contributed by atoms with van der Waals surface area (Å²) in [4.78, 5) is 17.1. The zero-order valence-electron chi connectivity index (χ0n) is 17.4. The van der Waals surface area contributed by atoms with Crippen LogP contribution >= 0.6 is 0 Å². The molecule has 0 aromatic heterocycles. The molecule has 1 aliphatic rings. The van der Waals surface area contributed by atoms with Gasteiger partial charge in [0.15, 0.2) is 0 Å². The zero-order chi connectivity index (χ0) is 22.1. The van der Waals surface area contributed by atoms with Gasteiger partial charge in [0.05, 0.1) is 23.1 Å². The molecule has 8 heteroatoms. The lowest BCUT2D eigenvalue weighted by molar-refractivity contribution is -0.120. The topological polar surface area (TPSA) is 108 Å². The van der Waals surface area contributed by atoms with E-state index in [4.69, 9.17) is 10.4 Å². The lowest BCUT2D eigenvalue weighted by atomic mass is 10.1. The highest BCUT2D eigenvalue weighted by Crippen LogP contribution is 2.34. The first-order chi connectivity index (χ1) is 14.1. The summed E-state index contributed by atoms with van der Waals surface area (Å²) in [5, 5.41) is 14.2. The van der Waals surface area contributed by atoms with Gasteiger partial charge in [-0.2, -0.15) is 5.26 Å². The largest absolute Gasteiger partial charge is 0.308 e. The van der Waals surface area contributed by atoms with Gasteiger partial charge in [-0.25, -0.2) is 13.6 Å². The van der Waals surface area contributed by atoms with Gasteiger partial charge in [0.2, 0.25) is 15.9 Å². The highest BCUT2D eigenvalue weighted by molar-refractivity contribution is 7.89. The summed E-state index contributed by atoms with van der Waals surface area (Å²) in [7, 11) is -3.78. The molecule has 2 aromatic rings. The van der Waals surface area contributed by atoms with Crippen LogP contribution in [0.25, 0.3) is 0 Å². The minimum absolute atomic E-state index is 0.0352. The fraction of sp³-hybridized carbons (Fsp3) is 0.364. The van der Waals surface area contributed by atoms with E-state index in [9.17, 15) is 13.2 Å². The average Bonchev–Trinajstić information content (AvgIpc) is 3.02. The number of amides is 1. The summed E-state index contributed by atoms with van der Waals surface area (Å²) >= 11 is 0. The normalized spacial score (nSPS) is 16.0. The van der Waals surface area contributed by atoms with Crippen LogP contribution in [0.15, 0.2) is 47.4 Å². The first-order valence-electron chi connectivity index (χ1n) is 9.81. The number of hydrogen-bond donors (Lipinski definition) is 1. The SMILES string of the molecule is CC(C)N(CC(=O)N1c2ccc(S(N)(=O)=O)cc2CC1C)Cc1ccc(C#N)cc1. The molecule has 30 heavy (non-hydrogen) atoms. The number of rotatable bonds is 6. The Morgan fingerprint density at radius 3 is 2.50 bits per heavy atom. The molecule has 0 aliphatic carbocycles. The number of nitrogens with zero attached hydrogens (tertiary/aromatic N) is 3. The monoisotopic (exact) mass is 426 g/mol. The van der Waals surface area contributed by atoms with Gasteiger partial charge >= 0.3 is 0 Å². The predicted molar refractivity (Wildman–Crippen MR) is 115 cm³/mol. The minimum Gasteiger partial charge on any atom is -0.308 e. The van der Waals surface area contributed by atoms with E-state index in [1.165, 1.54) is 6.07 Å². The molecule has 2 N–H and O–H groups in total. The molecule has 1 atom stereocenters. The summed E-state index contributed by atoms with van der Waals surface area (Å²) < 4.78 is 23.3. The third kappa shape index (κ3) is 4.70. The molecule has 0 bridgehead atoms. The van der Waals surface area contributed by atoms with E-state index >= 15 is 0 Å². The number of primary sulfonamides is 1. The van der Waals surface area contributed by atoms with E-state index in [1.807, 2.05) is 32.9 Å². The van der Waals surface area contributed by atoms with Crippen LogP contribution in [0.5, 0.6) is 0 Å². The second-order valence-corrected chi connectivity index (χ2v) is 9.52. The number of sulfonamides is 1. The Hall–Kier alpha value is -2.73. The van der Waals surface area contributed by atoms with E-state index in [-0.39, 0.29) is 29.4 Å². The van der Waals surface area contributed by atoms with Gasteiger partial charge in [0.25, 0.3) is 0 Å². The van der Waals surface area contributed by atoms with Crippen molar-refractivity contribution >= 4 is 21.6 Å². The Labute approximate surface area is 177 Å². The fourth-order valence-corrected chi connectivity index (χ4v) is 4.32. The van der Waals surface area contributed by atoms with E-state index < -0.39 is 10.0 Å². The molecule has 1 unspecified atom stereocenters. The second-order valence-electron chi connectivity index (χ2n) is 7.96. The van der Waals surface area contributed by atoms with Crippen molar-refractivity contribution in [1.29, 1.82) is 5.26 Å². The lowest BCUT2D eigenvalue weighted by Gasteiger charge is -2.30. The Morgan fingerprint density at radius 2 is 1.93 bits per heavy atom. The number of fused-ring (bicyclic) bond motifs is 1. The maximum Gasteiger partial charge on any atom is 0.241 e. The maximum atomic E-state index is 13.2. The smallest absolute Gasteiger partial charge is 0.241 e. The highest BCUT2D eigenvalue weighted by atomic mass is 32.2. The van der Waals surface area contributed by atoms with Crippen molar-refractivity contribution in [3.05, 3.63) is 59.2 Å². The molecule has 1 aliphatic heterocycles. The van der Waals surface area contributed by atoms with Crippen LogP contribution in [0.3, 0.4) is 0 Å². The molecule has 158 valence electrons. The molecule has 7 nitrogen and oxygen atoms in total. The van der Waals surface area contributed by atoms with Gasteiger partial charge in [-0.15, -0.1) is 0 Å². The van der Waals surface area contributed by atoms with E-state index in [2.05, 4.69) is 11.0 Å². The summed E-state index contributed by atoms with van der Waals surface area (Å²) in [6, 6.07) is 14.2. The maximum absolute atomic E-state index is 13.2. The molecule has 0 saturated carbocycles. The van der Waals surface area contributed by atoms with Crippen LogP contribution in [0.2, 0.25) is 0 Å². The lowest BCUT2D eigenvalue weighted by Crippen LogP contribution is -2.45. The van der Waals surface area contributed by atoms with Crippen molar-refractivity contribution in [2.75, 3.05) is 11.4 Å². The van der Waals surface area contributed by atoms with Gasteiger partial charge in [-0.1, -0.05) is 12.1 Å². The Kier molecular flexibility index (Phi) is 6.27.